The molecule has 0 unspecified atom stereocenters. The van der Waals surface area contributed by atoms with Crippen molar-refractivity contribution >= 4 is 27.8 Å². The van der Waals surface area contributed by atoms with Crippen LogP contribution in [0.3, 0.4) is 0 Å². The topological polar surface area (TPSA) is 55.4 Å². The lowest BCUT2D eigenvalue weighted by Gasteiger charge is -2.05. The van der Waals surface area contributed by atoms with Crippen LogP contribution in [0.1, 0.15) is 20.7 Å². The summed E-state index contributed by atoms with van der Waals surface area (Å²) in [5.74, 6) is -1.08. The Bertz CT molecular complexity index is 581. The SMILES string of the molecule is O=C(NOC(=O)c1ccccc1)c1ccc(Br)cc1. The molecule has 0 aliphatic heterocycles. The van der Waals surface area contributed by atoms with Crippen molar-refractivity contribution in [3.8, 4) is 0 Å². The van der Waals surface area contributed by atoms with E-state index in [9.17, 15) is 9.59 Å². The molecule has 1 N–H and O–H groups in total. The van der Waals surface area contributed by atoms with Gasteiger partial charge in [0, 0.05) is 10.0 Å². The Hall–Kier alpha value is -2.14. The van der Waals surface area contributed by atoms with Crippen LogP contribution in [0, 0.1) is 0 Å². The summed E-state index contributed by atoms with van der Waals surface area (Å²) < 4.78 is 0.866. The van der Waals surface area contributed by atoms with E-state index >= 15 is 0 Å². The second-order valence-electron chi connectivity index (χ2n) is 3.69. The van der Waals surface area contributed by atoms with Crippen molar-refractivity contribution in [2.45, 2.75) is 0 Å². The molecular formula is C14H10BrNO3. The maximum atomic E-state index is 11.7. The first-order valence-electron chi connectivity index (χ1n) is 5.49. The molecule has 0 saturated heterocycles. The molecule has 0 heterocycles. The zero-order valence-electron chi connectivity index (χ0n) is 9.80. The van der Waals surface area contributed by atoms with Crippen LogP contribution in [0.4, 0.5) is 0 Å². The van der Waals surface area contributed by atoms with Crippen LogP contribution < -0.4 is 5.48 Å². The molecule has 0 saturated carbocycles. The van der Waals surface area contributed by atoms with E-state index in [2.05, 4.69) is 21.4 Å². The third-order valence-electron chi connectivity index (χ3n) is 2.35. The Balaban J connectivity index is 1.94. The van der Waals surface area contributed by atoms with Gasteiger partial charge < -0.3 is 4.84 Å². The van der Waals surface area contributed by atoms with Gasteiger partial charge in [0.25, 0.3) is 5.91 Å². The number of benzene rings is 2. The van der Waals surface area contributed by atoms with Crippen LogP contribution in [0.25, 0.3) is 0 Å². The standard InChI is InChI=1S/C14H10BrNO3/c15-12-8-6-10(7-9-12)13(17)16-19-14(18)11-4-2-1-3-5-11/h1-9H,(H,16,17). The van der Waals surface area contributed by atoms with E-state index < -0.39 is 11.9 Å². The minimum atomic E-state index is -0.605. The average Bonchev–Trinajstić information content (AvgIpc) is 2.46. The Morgan fingerprint density at radius 3 is 2.16 bits per heavy atom. The van der Waals surface area contributed by atoms with Gasteiger partial charge in [-0.1, -0.05) is 34.1 Å². The number of carbonyl (C=O) groups is 2. The fraction of sp³-hybridized carbons (Fsp3) is 0. The Morgan fingerprint density at radius 1 is 0.895 bits per heavy atom. The number of amides is 1. The molecule has 0 aliphatic carbocycles. The number of hydrogen-bond donors (Lipinski definition) is 1. The molecule has 0 radical (unpaired) electrons. The van der Waals surface area contributed by atoms with E-state index in [1.54, 1.807) is 54.6 Å². The molecule has 2 aromatic carbocycles. The summed E-state index contributed by atoms with van der Waals surface area (Å²) in [7, 11) is 0. The van der Waals surface area contributed by atoms with Gasteiger partial charge in [-0.05, 0) is 36.4 Å². The Kier molecular flexibility index (Phi) is 4.30. The molecule has 0 fully saturated rings. The molecular weight excluding hydrogens is 310 g/mol. The first kappa shape index (κ1) is 13.3. The van der Waals surface area contributed by atoms with Gasteiger partial charge in [0.1, 0.15) is 0 Å². The zero-order chi connectivity index (χ0) is 13.7. The van der Waals surface area contributed by atoms with Gasteiger partial charge in [0.15, 0.2) is 0 Å². The van der Waals surface area contributed by atoms with E-state index in [1.165, 1.54) is 0 Å². The van der Waals surface area contributed by atoms with Gasteiger partial charge >= 0.3 is 5.97 Å². The molecule has 0 atom stereocenters. The number of halogens is 1. The molecule has 2 rings (SSSR count). The molecule has 2 aromatic rings. The average molecular weight is 320 g/mol. The van der Waals surface area contributed by atoms with E-state index in [0.29, 0.717) is 11.1 Å². The second-order valence-corrected chi connectivity index (χ2v) is 4.61. The molecule has 19 heavy (non-hydrogen) atoms. The van der Waals surface area contributed by atoms with Gasteiger partial charge in [-0.2, -0.15) is 5.48 Å². The Labute approximate surface area is 118 Å². The highest BCUT2D eigenvalue weighted by Crippen LogP contribution is 2.10. The normalized spacial score (nSPS) is 9.74. The van der Waals surface area contributed by atoms with Crippen molar-refractivity contribution in [1.29, 1.82) is 0 Å². The molecule has 0 bridgehead atoms. The predicted octanol–water partition coefficient (Wildman–Crippen LogP) is 2.95. The minimum Gasteiger partial charge on any atom is -0.335 e. The zero-order valence-corrected chi connectivity index (χ0v) is 11.4. The maximum absolute atomic E-state index is 11.7. The van der Waals surface area contributed by atoms with Gasteiger partial charge in [-0.15, -0.1) is 0 Å². The molecule has 4 nitrogen and oxygen atoms in total. The molecule has 5 heteroatoms. The number of hydrogen-bond acceptors (Lipinski definition) is 3. The lowest BCUT2D eigenvalue weighted by molar-refractivity contribution is 0.0230. The first-order chi connectivity index (χ1) is 9.16. The van der Waals surface area contributed by atoms with Crippen LogP contribution in [0.15, 0.2) is 59.1 Å². The molecule has 0 aromatic heterocycles. The predicted molar refractivity (Wildman–Crippen MR) is 73.5 cm³/mol. The monoisotopic (exact) mass is 319 g/mol. The molecule has 96 valence electrons. The van der Waals surface area contributed by atoms with Crippen LogP contribution in [0.2, 0.25) is 0 Å². The number of rotatable bonds is 2. The third-order valence-corrected chi connectivity index (χ3v) is 2.88. The van der Waals surface area contributed by atoms with Crippen molar-refractivity contribution in [2.24, 2.45) is 0 Å². The fourth-order valence-corrected chi connectivity index (χ4v) is 1.65. The lowest BCUT2D eigenvalue weighted by Crippen LogP contribution is -2.27. The van der Waals surface area contributed by atoms with Crippen molar-refractivity contribution in [1.82, 2.24) is 5.48 Å². The number of carbonyl (C=O) groups excluding carboxylic acids is 2. The fourth-order valence-electron chi connectivity index (χ4n) is 1.39. The summed E-state index contributed by atoms with van der Waals surface area (Å²) in [5, 5.41) is 0. The van der Waals surface area contributed by atoms with Gasteiger partial charge in [-0.25, -0.2) is 4.79 Å². The summed E-state index contributed by atoms with van der Waals surface area (Å²) in [6.07, 6.45) is 0. The molecule has 0 spiro atoms. The van der Waals surface area contributed by atoms with Gasteiger partial charge in [0.2, 0.25) is 0 Å². The Morgan fingerprint density at radius 2 is 1.53 bits per heavy atom. The van der Waals surface area contributed by atoms with Crippen LogP contribution in [-0.2, 0) is 4.84 Å². The highest BCUT2D eigenvalue weighted by Gasteiger charge is 2.10. The lowest BCUT2D eigenvalue weighted by atomic mass is 10.2. The summed E-state index contributed by atoms with van der Waals surface area (Å²) in [6.45, 7) is 0. The highest BCUT2D eigenvalue weighted by atomic mass is 79.9. The van der Waals surface area contributed by atoms with Crippen molar-refractivity contribution in [3.05, 3.63) is 70.2 Å². The van der Waals surface area contributed by atoms with Crippen LogP contribution >= 0.6 is 15.9 Å². The van der Waals surface area contributed by atoms with Crippen LogP contribution in [-0.4, -0.2) is 11.9 Å². The van der Waals surface area contributed by atoms with E-state index in [-0.39, 0.29) is 0 Å². The second kappa shape index (κ2) is 6.15. The smallest absolute Gasteiger partial charge is 0.335 e. The summed E-state index contributed by atoms with van der Waals surface area (Å²) in [6, 6.07) is 15.1. The van der Waals surface area contributed by atoms with Gasteiger partial charge in [-0.3, -0.25) is 4.79 Å². The summed E-state index contributed by atoms with van der Waals surface area (Å²) in [5.41, 5.74) is 2.89. The highest BCUT2D eigenvalue weighted by molar-refractivity contribution is 9.10. The number of hydroxylamine groups is 1. The third kappa shape index (κ3) is 3.66. The molecule has 1 amide bonds. The van der Waals surface area contributed by atoms with Gasteiger partial charge in [0.05, 0.1) is 5.56 Å². The van der Waals surface area contributed by atoms with Crippen molar-refractivity contribution in [2.75, 3.05) is 0 Å². The quantitative estimate of drug-likeness (QED) is 0.866. The summed E-state index contributed by atoms with van der Waals surface area (Å²) >= 11 is 3.27. The largest absolute Gasteiger partial charge is 0.362 e. The van der Waals surface area contributed by atoms with E-state index in [1.807, 2.05) is 0 Å². The first-order valence-corrected chi connectivity index (χ1v) is 6.28. The number of nitrogens with one attached hydrogen (secondary N) is 1. The van der Waals surface area contributed by atoms with Crippen molar-refractivity contribution < 1.29 is 14.4 Å². The van der Waals surface area contributed by atoms with Crippen LogP contribution in [0.5, 0.6) is 0 Å². The summed E-state index contributed by atoms with van der Waals surface area (Å²) in [4.78, 5) is 28.0. The van der Waals surface area contributed by atoms with Crippen molar-refractivity contribution in [3.63, 3.8) is 0 Å². The maximum Gasteiger partial charge on any atom is 0.362 e. The van der Waals surface area contributed by atoms with E-state index in [0.717, 1.165) is 4.47 Å². The van der Waals surface area contributed by atoms with E-state index in [4.69, 9.17) is 4.84 Å². The minimum absolute atomic E-state index is 0.374. The molecule has 0 aliphatic rings.